The number of hydrogen-bond acceptors (Lipinski definition) is 5. The molecule has 0 aliphatic rings. The lowest BCUT2D eigenvalue weighted by molar-refractivity contribution is 0.302. The van der Waals surface area contributed by atoms with Crippen LogP contribution in [0.4, 0.5) is 0 Å². The van der Waals surface area contributed by atoms with E-state index >= 15 is 0 Å². The van der Waals surface area contributed by atoms with E-state index in [9.17, 15) is 0 Å². The van der Waals surface area contributed by atoms with Crippen LogP contribution in [0, 0.1) is 0 Å². The van der Waals surface area contributed by atoms with Gasteiger partial charge in [0, 0.05) is 35.9 Å². The smallest absolute Gasteiger partial charge is 0.213 e. The Kier molecular flexibility index (Phi) is 6.69. The molecule has 1 N–H and O–H groups in total. The van der Waals surface area contributed by atoms with Crippen molar-refractivity contribution in [3.63, 3.8) is 0 Å². The molecule has 2 aromatic heterocycles. The van der Waals surface area contributed by atoms with Gasteiger partial charge in [-0.2, -0.15) is 15.0 Å². The first-order valence-corrected chi connectivity index (χ1v) is 10.1. The van der Waals surface area contributed by atoms with Gasteiger partial charge in [-0.3, -0.25) is 0 Å². The Morgan fingerprint density at radius 2 is 1.70 bits per heavy atom. The molecule has 0 radical (unpaired) electrons. The number of halogens is 1. The van der Waals surface area contributed by atoms with Gasteiger partial charge in [-0.25, -0.2) is 4.98 Å². The van der Waals surface area contributed by atoms with Crippen LogP contribution in [-0.4, -0.2) is 33.1 Å². The van der Waals surface area contributed by atoms with Gasteiger partial charge in [-0.05, 0) is 23.8 Å². The molecule has 0 atom stereocenters. The van der Waals surface area contributed by atoms with Crippen LogP contribution in [0.5, 0.6) is 5.88 Å². The molecule has 152 valence electrons. The Morgan fingerprint density at radius 1 is 0.900 bits per heavy atom. The van der Waals surface area contributed by atoms with Gasteiger partial charge in [0.15, 0.2) is 0 Å². The van der Waals surface area contributed by atoms with Gasteiger partial charge >= 0.3 is 0 Å². The van der Waals surface area contributed by atoms with E-state index in [1.807, 2.05) is 72.8 Å². The first-order chi connectivity index (χ1) is 14.8. The van der Waals surface area contributed by atoms with Crippen molar-refractivity contribution < 1.29 is 4.74 Å². The molecular formula is C23H22ClN5O. The van der Waals surface area contributed by atoms with Gasteiger partial charge in [0.2, 0.25) is 5.88 Å². The fourth-order valence-corrected chi connectivity index (χ4v) is 3.14. The lowest BCUT2D eigenvalue weighted by Crippen LogP contribution is -2.21. The van der Waals surface area contributed by atoms with Gasteiger partial charge in [0.1, 0.15) is 18.0 Å². The van der Waals surface area contributed by atoms with Crippen molar-refractivity contribution in [3.8, 4) is 17.1 Å². The molecule has 0 unspecified atom stereocenters. The van der Waals surface area contributed by atoms with Crippen molar-refractivity contribution in [1.29, 1.82) is 0 Å². The third-order valence-corrected chi connectivity index (χ3v) is 4.72. The summed E-state index contributed by atoms with van der Waals surface area (Å²) in [5.41, 5.74) is 3.91. The Balaban J connectivity index is 1.42. The number of aromatic nitrogens is 4. The SMILES string of the molecule is Clc1ccc(Cn2nc(CNCCOc3ccccn3)c(-c3ccccc3)n2)cc1. The molecule has 0 aliphatic heterocycles. The highest BCUT2D eigenvalue weighted by molar-refractivity contribution is 6.30. The van der Waals surface area contributed by atoms with Crippen LogP contribution in [0.15, 0.2) is 79.0 Å². The molecule has 0 fully saturated rings. The van der Waals surface area contributed by atoms with Crippen LogP contribution in [0.2, 0.25) is 5.02 Å². The first-order valence-electron chi connectivity index (χ1n) is 9.76. The molecule has 30 heavy (non-hydrogen) atoms. The average molecular weight is 420 g/mol. The number of rotatable bonds is 9. The van der Waals surface area contributed by atoms with E-state index < -0.39 is 0 Å². The van der Waals surface area contributed by atoms with Crippen molar-refractivity contribution >= 4 is 11.6 Å². The standard InChI is InChI=1S/C23H22ClN5O/c24-20-11-9-18(10-12-20)17-29-27-21(23(28-29)19-6-2-1-3-7-19)16-25-14-15-30-22-8-4-5-13-26-22/h1-13,25H,14-17H2. The lowest BCUT2D eigenvalue weighted by atomic mass is 10.1. The molecule has 2 aromatic carbocycles. The number of pyridine rings is 1. The lowest BCUT2D eigenvalue weighted by Gasteiger charge is -2.06. The molecule has 6 nitrogen and oxygen atoms in total. The fraction of sp³-hybridized carbons (Fsp3) is 0.174. The molecule has 4 rings (SSSR count). The molecule has 0 amide bonds. The second-order valence-corrected chi connectivity index (χ2v) is 7.15. The summed E-state index contributed by atoms with van der Waals surface area (Å²) in [6, 6.07) is 23.4. The Hall–Kier alpha value is -3.22. The maximum absolute atomic E-state index is 5.99. The normalized spacial score (nSPS) is 10.8. The third kappa shape index (κ3) is 5.43. The minimum Gasteiger partial charge on any atom is -0.476 e. The maximum atomic E-state index is 5.99. The summed E-state index contributed by atoms with van der Waals surface area (Å²) in [6.07, 6.45) is 1.72. The maximum Gasteiger partial charge on any atom is 0.213 e. The minimum atomic E-state index is 0.524. The van der Waals surface area contributed by atoms with Crippen LogP contribution in [-0.2, 0) is 13.1 Å². The van der Waals surface area contributed by atoms with E-state index in [1.54, 1.807) is 11.0 Å². The third-order valence-electron chi connectivity index (χ3n) is 4.47. The molecule has 0 spiro atoms. The van der Waals surface area contributed by atoms with Crippen LogP contribution >= 0.6 is 11.6 Å². The zero-order chi connectivity index (χ0) is 20.6. The second-order valence-electron chi connectivity index (χ2n) is 6.71. The summed E-state index contributed by atoms with van der Waals surface area (Å²) in [5, 5.41) is 13.6. The van der Waals surface area contributed by atoms with Gasteiger partial charge in [-0.1, -0.05) is 60.1 Å². The zero-order valence-electron chi connectivity index (χ0n) is 16.4. The Labute approximate surface area is 180 Å². The van der Waals surface area contributed by atoms with E-state index in [2.05, 4.69) is 10.3 Å². The first kappa shape index (κ1) is 20.1. The van der Waals surface area contributed by atoms with Crippen molar-refractivity contribution in [1.82, 2.24) is 25.3 Å². The summed E-state index contributed by atoms with van der Waals surface area (Å²) in [7, 11) is 0. The van der Waals surface area contributed by atoms with Gasteiger partial charge in [-0.15, -0.1) is 0 Å². The average Bonchev–Trinajstić information content (AvgIpc) is 3.19. The number of hydrogen-bond donors (Lipinski definition) is 1. The van der Waals surface area contributed by atoms with E-state index in [1.165, 1.54) is 0 Å². The van der Waals surface area contributed by atoms with Crippen LogP contribution in [0.3, 0.4) is 0 Å². The van der Waals surface area contributed by atoms with Crippen LogP contribution in [0.25, 0.3) is 11.3 Å². The van der Waals surface area contributed by atoms with E-state index in [0.29, 0.717) is 32.1 Å². The zero-order valence-corrected chi connectivity index (χ0v) is 17.2. The Bertz CT molecular complexity index is 1050. The number of nitrogens with one attached hydrogen (secondary N) is 1. The number of ether oxygens (including phenoxy) is 1. The molecule has 4 aromatic rings. The molecule has 0 bridgehead atoms. The highest BCUT2D eigenvalue weighted by atomic mass is 35.5. The molecule has 7 heteroatoms. The number of nitrogens with zero attached hydrogens (tertiary/aromatic N) is 4. The van der Waals surface area contributed by atoms with Gasteiger partial charge < -0.3 is 10.1 Å². The summed E-state index contributed by atoms with van der Waals surface area (Å²) in [6.45, 7) is 2.38. The van der Waals surface area contributed by atoms with E-state index in [0.717, 1.165) is 27.5 Å². The predicted octanol–water partition coefficient (Wildman–Crippen LogP) is 4.21. The molecular weight excluding hydrogens is 398 g/mol. The quantitative estimate of drug-likeness (QED) is 0.412. The van der Waals surface area contributed by atoms with Gasteiger partial charge in [0.05, 0.1) is 6.54 Å². The fourth-order valence-electron chi connectivity index (χ4n) is 3.01. The monoisotopic (exact) mass is 419 g/mol. The highest BCUT2D eigenvalue weighted by Gasteiger charge is 2.13. The molecule has 0 saturated carbocycles. The molecule has 0 saturated heterocycles. The van der Waals surface area contributed by atoms with Crippen molar-refractivity contribution in [3.05, 3.63) is 95.3 Å². The van der Waals surface area contributed by atoms with Gasteiger partial charge in [0.25, 0.3) is 0 Å². The number of benzene rings is 2. The van der Waals surface area contributed by atoms with Crippen LogP contribution < -0.4 is 10.1 Å². The van der Waals surface area contributed by atoms with E-state index in [4.69, 9.17) is 26.5 Å². The summed E-state index contributed by atoms with van der Waals surface area (Å²) < 4.78 is 5.63. The second kappa shape index (κ2) is 10.0. The summed E-state index contributed by atoms with van der Waals surface area (Å²) in [5.74, 6) is 0.623. The topological polar surface area (TPSA) is 64.9 Å². The molecule has 0 aliphatic carbocycles. The molecule has 2 heterocycles. The Morgan fingerprint density at radius 3 is 2.47 bits per heavy atom. The summed E-state index contributed by atoms with van der Waals surface area (Å²) in [4.78, 5) is 5.88. The minimum absolute atomic E-state index is 0.524. The van der Waals surface area contributed by atoms with E-state index in [-0.39, 0.29) is 0 Å². The van der Waals surface area contributed by atoms with Crippen molar-refractivity contribution in [2.24, 2.45) is 0 Å². The van der Waals surface area contributed by atoms with Crippen LogP contribution in [0.1, 0.15) is 11.3 Å². The highest BCUT2D eigenvalue weighted by Crippen LogP contribution is 2.20. The van der Waals surface area contributed by atoms with Crippen molar-refractivity contribution in [2.75, 3.05) is 13.2 Å². The predicted molar refractivity (Wildman–Crippen MR) is 117 cm³/mol. The van der Waals surface area contributed by atoms with Crippen molar-refractivity contribution in [2.45, 2.75) is 13.1 Å². The largest absolute Gasteiger partial charge is 0.476 e. The summed E-state index contributed by atoms with van der Waals surface area (Å²) >= 11 is 5.99.